The molecule has 2 rings (SSSR count). The first-order valence-corrected chi connectivity index (χ1v) is 7.11. The van der Waals surface area contributed by atoms with Crippen molar-refractivity contribution in [1.29, 1.82) is 0 Å². The molecule has 0 aromatic rings. The fourth-order valence-electron chi connectivity index (χ4n) is 2.30. The average Bonchev–Trinajstić information content (AvgIpc) is 2.60. The van der Waals surface area contributed by atoms with E-state index in [9.17, 15) is 22.8 Å². The number of hydrogen-bond acceptors (Lipinski definition) is 6. The van der Waals surface area contributed by atoms with E-state index in [-0.39, 0.29) is 19.4 Å². The van der Waals surface area contributed by atoms with Crippen molar-refractivity contribution in [1.82, 2.24) is 20.8 Å². The molecule has 2 heterocycles. The van der Waals surface area contributed by atoms with E-state index in [1.165, 1.54) is 0 Å². The third kappa shape index (κ3) is 3.32. The van der Waals surface area contributed by atoms with Gasteiger partial charge in [0.25, 0.3) is 5.91 Å². The van der Waals surface area contributed by atoms with Gasteiger partial charge in [0.15, 0.2) is 0 Å². The number of piperidine rings is 1. The molecule has 0 unspecified atom stereocenters. The van der Waals surface area contributed by atoms with E-state index in [2.05, 4.69) is 4.28 Å². The van der Waals surface area contributed by atoms with Crippen molar-refractivity contribution >= 4 is 28.4 Å². The number of nitrogens with zero attached hydrogens (tertiary/aromatic N) is 2. The summed E-state index contributed by atoms with van der Waals surface area (Å²) in [5.74, 6) is -0.752. The number of amides is 4. The molecule has 0 saturated carbocycles. The summed E-state index contributed by atoms with van der Waals surface area (Å²) in [7, 11) is -4.85. The van der Waals surface area contributed by atoms with E-state index >= 15 is 0 Å². The molecular formula is C8H12N4O8S. The van der Waals surface area contributed by atoms with Gasteiger partial charge in [0.2, 0.25) is 0 Å². The molecule has 2 atom stereocenters. The van der Waals surface area contributed by atoms with Crippen LogP contribution in [0.4, 0.5) is 9.59 Å². The second-order valence-electron chi connectivity index (χ2n) is 4.43. The fourth-order valence-corrected chi connectivity index (χ4v) is 2.69. The van der Waals surface area contributed by atoms with Gasteiger partial charge in [-0.05, 0) is 12.8 Å². The van der Waals surface area contributed by atoms with Crippen molar-refractivity contribution in [3.05, 3.63) is 0 Å². The van der Waals surface area contributed by atoms with Crippen LogP contribution < -0.4 is 10.9 Å². The van der Waals surface area contributed by atoms with E-state index in [0.717, 1.165) is 4.90 Å². The Morgan fingerprint density at radius 1 is 1.29 bits per heavy atom. The van der Waals surface area contributed by atoms with Crippen molar-refractivity contribution < 1.29 is 36.7 Å². The lowest BCUT2D eigenvalue weighted by atomic mass is 10.0. The van der Waals surface area contributed by atoms with Gasteiger partial charge in [-0.3, -0.25) is 14.8 Å². The minimum absolute atomic E-state index is 0.0273. The minimum atomic E-state index is -4.85. The monoisotopic (exact) mass is 324 g/mol. The van der Waals surface area contributed by atoms with Crippen molar-refractivity contribution in [2.45, 2.75) is 24.9 Å². The quantitative estimate of drug-likeness (QED) is 0.352. The van der Waals surface area contributed by atoms with Gasteiger partial charge >= 0.3 is 22.5 Å². The van der Waals surface area contributed by atoms with Crippen LogP contribution in [0.15, 0.2) is 0 Å². The Morgan fingerprint density at radius 2 is 1.95 bits per heavy atom. The number of hydrazine groups is 1. The Kier molecular flexibility index (Phi) is 3.89. The van der Waals surface area contributed by atoms with Crippen LogP contribution in [0, 0.1) is 0 Å². The van der Waals surface area contributed by atoms with Crippen LogP contribution in [-0.2, 0) is 19.5 Å². The first kappa shape index (κ1) is 15.3. The Hall–Kier alpha value is -2.12. The molecule has 2 aliphatic rings. The highest BCUT2D eigenvalue weighted by molar-refractivity contribution is 7.80. The molecule has 12 nitrogen and oxygen atoms in total. The van der Waals surface area contributed by atoms with E-state index in [0.29, 0.717) is 5.06 Å². The standard InChI is InChI=1S/C8H12N4O8S/c13-6(9-10-7(14)15)5-2-1-4-3-11(5)8(16)12(4)20-21(17,18)19/h4-5,10H,1-3H2,(H,9,13)(H,14,15)(H,17,18,19)/t4-,5+/m1/s1. The predicted molar refractivity (Wildman–Crippen MR) is 62.7 cm³/mol. The van der Waals surface area contributed by atoms with Crippen molar-refractivity contribution in [2.75, 3.05) is 6.54 Å². The number of hydroxylamine groups is 2. The predicted octanol–water partition coefficient (Wildman–Crippen LogP) is -1.71. The van der Waals surface area contributed by atoms with Crippen LogP contribution in [0.25, 0.3) is 0 Å². The summed E-state index contributed by atoms with van der Waals surface area (Å²) in [5.41, 5.74) is 3.57. The maximum absolute atomic E-state index is 12.0. The van der Waals surface area contributed by atoms with Gasteiger partial charge in [-0.15, -0.1) is 4.28 Å². The van der Waals surface area contributed by atoms with Gasteiger partial charge in [-0.2, -0.15) is 13.5 Å². The van der Waals surface area contributed by atoms with E-state index < -0.39 is 40.5 Å². The van der Waals surface area contributed by atoms with Gasteiger partial charge in [-0.1, -0.05) is 0 Å². The molecule has 4 N–H and O–H groups in total. The highest BCUT2D eigenvalue weighted by atomic mass is 32.3. The number of carbonyl (C=O) groups is 3. The number of hydrogen-bond donors (Lipinski definition) is 4. The Labute approximate surface area is 118 Å². The first-order valence-electron chi connectivity index (χ1n) is 5.74. The lowest BCUT2D eigenvalue weighted by Crippen LogP contribution is -2.53. The zero-order valence-electron chi connectivity index (χ0n) is 10.4. The molecule has 2 aliphatic heterocycles. The maximum atomic E-state index is 12.0. The van der Waals surface area contributed by atoms with Gasteiger partial charge in [0.05, 0.1) is 6.04 Å². The highest BCUT2D eigenvalue weighted by Gasteiger charge is 2.49. The summed E-state index contributed by atoms with van der Waals surface area (Å²) in [6.07, 6.45) is -1.03. The zero-order chi connectivity index (χ0) is 15.8. The third-order valence-corrected chi connectivity index (χ3v) is 3.44. The molecule has 13 heteroatoms. The number of nitrogens with one attached hydrogen (secondary N) is 2. The SMILES string of the molecule is O=C(O)NNC(=O)[C@@H]1CC[C@@H]2CN1C(=O)N2OS(=O)(=O)O. The average molecular weight is 324 g/mol. The number of rotatable bonds is 3. The van der Waals surface area contributed by atoms with Gasteiger partial charge in [-0.25, -0.2) is 15.0 Å². The van der Waals surface area contributed by atoms with E-state index in [1.54, 1.807) is 5.43 Å². The second kappa shape index (κ2) is 5.34. The van der Waals surface area contributed by atoms with Crippen molar-refractivity contribution in [2.24, 2.45) is 0 Å². The molecule has 0 spiro atoms. The van der Waals surface area contributed by atoms with Gasteiger partial charge < -0.3 is 10.0 Å². The molecule has 0 radical (unpaired) electrons. The molecule has 2 fully saturated rings. The number of urea groups is 1. The number of fused-ring (bicyclic) bond motifs is 2. The largest absolute Gasteiger partial charge is 0.464 e. The van der Waals surface area contributed by atoms with Crippen LogP contribution in [0.1, 0.15) is 12.8 Å². The molecule has 0 aromatic heterocycles. The summed E-state index contributed by atoms with van der Waals surface area (Å²) in [6.45, 7) is 0.0273. The van der Waals surface area contributed by atoms with Crippen LogP contribution in [0.2, 0.25) is 0 Å². The zero-order valence-corrected chi connectivity index (χ0v) is 11.2. The molecule has 4 amide bonds. The smallest absolute Gasteiger partial charge is 0.423 e. The Balaban J connectivity index is 2.06. The maximum Gasteiger partial charge on any atom is 0.423 e. The highest BCUT2D eigenvalue weighted by Crippen LogP contribution is 2.30. The lowest BCUT2D eigenvalue weighted by Gasteiger charge is -2.28. The summed E-state index contributed by atoms with van der Waals surface area (Å²) < 4.78 is 34.2. The van der Waals surface area contributed by atoms with Crippen LogP contribution in [-0.4, -0.2) is 64.7 Å². The van der Waals surface area contributed by atoms with E-state index in [4.69, 9.17) is 9.66 Å². The normalized spacial score (nSPS) is 24.9. The van der Waals surface area contributed by atoms with Crippen molar-refractivity contribution in [3.63, 3.8) is 0 Å². The number of carboxylic acid groups (broad SMARTS) is 1. The van der Waals surface area contributed by atoms with Crippen LogP contribution >= 0.6 is 0 Å². The van der Waals surface area contributed by atoms with Crippen molar-refractivity contribution in [3.8, 4) is 0 Å². The summed E-state index contributed by atoms with van der Waals surface area (Å²) in [6, 6.07) is -2.47. The second-order valence-corrected chi connectivity index (χ2v) is 5.43. The topological polar surface area (TPSA) is 166 Å². The Morgan fingerprint density at radius 3 is 2.52 bits per heavy atom. The van der Waals surface area contributed by atoms with Crippen LogP contribution in [0.5, 0.6) is 0 Å². The van der Waals surface area contributed by atoms with Gasteiger partial charge in [0.1, 0.15) is 6.04 Å². The third-order valence-electron chi connectivity index (χ3n) is 3.09. The fraction of sp³-hybridized carbons (Fsp3) is 0.625. The molecule has 0 aromatic carbocycles. The number of carbonyl (C=O) groups excluding carboxylic acids is 2. The summed E-state index contributed by atoms with van der Waals surface area (Å²) in [4.78, 5) is 35.1. The Bertz CT molecular complexity index is 577. The molecular weight excluding hydrogens is 312 g/mol. The molecule has 2 saturated heterocycles. The van der Waals surface area contributed by atoms with Gasteiger partial charge in [0, 0.05) is 6.54 Å². The summed E-state index contributed by atoms with van der Waals surface area (Å²) in [5, 5.41) is 8.88. The van der Waals surface area contributed by atoms with Crippen LogP contribution in [0.3, 0.4) is 0 Å². The summed E-state index contributed by atoms with van der Waals surface area (Å²) >= 11 is 0. The molecule has 21 heavy (non-hydrogen) atoms. The van der Waals surface area contributed by atoms with E-state index in [1.807, 2.05) is 5.43 Å². The molecule has 0 aliphatic carbocycles. The first-order chi connectivity index (χ1) is 9.69. The molecule has 118 valence electrons. The molecule has 2 bridgehead atoms. The minimum Gasteiger partial charge on any atom is -0.464 e. The lowest BCUT2D eigenvalue weighted by molar-refractivity contribution is -0.126.